The molecule has 0 spiro atoms. The quantitative estimate of drug-likeness (QED) is 0.0820. The van der Waals surface area contributed by atoms with Crippen LogP contribution in [0.2, 0.25) is 0 Å². The highest BCUT2D eigenvalue weighted by atomic mass is 79.9. The topological polar surface area (TPSA) is 87.9 Å². The number of alkyl halides is 5. The number of piperazine rings is 1. The number of piperidine rings is 1. The van der Waals surface area contributed by atoms with Gasteiger partial charge < -0.3 is 10.0 Å². The molecule has 93 heavy (non-hydrogen) atoms. The first-order chi connectivity index (χ1) is 41.7. The predicted molar refractivity (Wildman–Crippen MR) is 409 cm³/mol. The highest BCUT2D eigenvalue weighted by Gasteiger charge is 2.56. The first-order valence-electron chi connectivity index (χ1n) is 29.5. The van der Waals surface area contributed by atoms with E-state index in [-0.39, 0.29) is 71.3 Å². The van der Waals surface area contributed by atoms with E-state index in [1.807, 2.05) is 11.0 Å². The Morgan fingerprint density at radius 1 is 0.634 bits per heavy atom. The van der Waals surface area contributed by atoms with E-state index < -0.39 is 105 Å². The normalized spacial score (nSPS) is 16.3. The van der Waals surface area contributed by atoms with Gasteiger partial charge >= 0.3 is 12.1 Å². The molecule has 26 radical (unpaired) electrons. The highest BCUT2D eigenvalue weighted by molar-refractivity contribution is 9.09. The van der Waals surface area contributed by atoms with Gasteiger partial charge in [0, 0.05) is 249 Å². The fourth-order valence-corrected chi connectivity index (χ4v) is 12.2. The van der Waals surface area contributed by atoms with Gasteiger partial charge in [0.25, 0.3) is 0 Å². The van der Waals surface area contributed by atoms with E-state index in [1.54, 1.807) is 66.7 Å². The summed E-state index contributed by atoms with van der Waals surface area (Å²) in [5, 5.41) is 18.0. The van der Waals surface area contributed by atoms with Crippen LogP contribution in [0.25, 0.3) is 0 Å². The van der Waals surface area contributed by atoms with E-state index in [0.717, 1.165) is 43.4 Å². The minimum Gasteiger partial charge on any atom is -0.481 e. The molecule has 2 aliphatic heterocycles. The molecule has 1 N–H and O–H groups in total. The van der Waals surface area contributed by atoms with Crippen LogP contribution in [0.3, 0.4) is 0 Å². The number of aliphatic carboxylic acids is 1. The number of carboxylic acid groups (broad SMARTS) is 1. The van der Waals surface area contributed by atoms with Crippen LogP contribution < -0.4 is 0 Å². The Balaban J connectivity index is 0.00000131. The fourth-order valence-electron chi connectivity index (χ4n) is 12.2. The number of likely N-dealkylation sites (tertiary alicyclic amines) is 1. The zero-order valence-electron chi connectivity index (χ0n) is 50.7. The second kappa shape index (κ2) is 40.9. The lowest BCUT2D eigenvalue weighted by Gasteiger charge is -2.52. The highest BCUT2D eigenvalue weighted by Crippen LogP contribution is 2.51. The summed E-state index contributed by atoms with van der Waals surface area (Å²) in [4.78, 5) is 31.2. The second-order valence-corrected chi connectivity index (χ2v) is 24.9. The zero-order chi connectivity index (χ0) is 66.9. The van der Waals surface area contributed by atoms with Crippen LogP contribution in [0, 0.1) is 28.8 Å². The molecule has 2 saturated heterocycles. The fraction of sp³-hybridized carbons (Fsp3) is 0.500. The van der Waals surface area contributed by atoms with E-state index in [2.05, 4.69) is 46.5 Å². The average Bonchev–Trinajstić information content (AvgIpc) is 1.63. The Hall–Kier alpha value is -2.86. The Morgan fingerprint density at radius 2 is 1.04 bits per heavy atom. The SMILES string of the molecule is C.C.C.C.C[C@H]1CN(C2(C)CCN(C(=O)C3(c4ccccc4F)CC3)CC2)CCN1[C@@H](C)c1ccc(C(F)(F)F)cc1.ClCCBr.N#CCc1ccccc1F.O=C(O)C1(c2ccccc2F)CC1.[B]B([B])B([B])B(B([B])[B])B(B(B([B])[B])B([B])[B])B(B([B])[B])B([B])[B]. The van der Waals surface area contributed by atoms with Gasteiger partial charge in [0.15, 0.2) is 0 Å². The van der Waals surface area contributed by atoms with Crippen molar-refractivity contribution in [3.8, 4) is 6.07 Å². The summed E-state index contributed by atoms with van der Waals surface area (Å²) in [5.41, 5.74) is -0.0497. The lowest BCUT2D eigenvalue weighted by molar-refractivity contribution is -0.140. The molecule has 0 unspecified atom stereocenters. The van der Waals surface area contributed by atoms with Crippen LogP contribution in [-0.2, 0) is 33.0 Å². The number of halogens is 8. The molecule has 2 aliphatic carbocycles. The van der Waals surface area contributed by atoms with Crippen molar-refractivity contribution >= 4 is 210 Å². The Kier molecular flexibility index (Phi) is 39.6. The molecule has 4 aromatic carbocycles. The van der Waals surface area contributed by atoms with Crippen LogP contribution in [-0.4, -0.2) is 258 Å². The average molecular weight is 1310 g/mol. The summed E-state index contributed by atoms with van der Waals surface area (Å²) in [6.07, 6.45) is -9.50. The van der Waals surface area contributed by atoms with Gasteiger partial charge in [-0.1, -0.05) is 112 Å². The third kappa shape index (κ3) is 24.2. The molecule has 4 aliphatic rings. The van der Waals surface area contributed by atoms with Crippen molar-refractivity contribution in [2.24, 2.45) is 0 Å². The molecule has 0 bridgehead atoms. The smallest absolute Gasteiger partial charge is 0.416 e. The Bertz CT molecular complexity index is 2870. The summed E-state index contributed by atoms with van der Waals surface area (Å²) >= 11 is 8.26. The number of carbonyl (C=O) groups excluding carboxylic acids is 1. The molecule has 8 rings (SSSR count). The maximum Gasteiger partial charge on any atom is 0.416 e. The minimum absolute atomic E-state index is 0. The summed E-state index contributed by atoms with van der Waals surface area (Å²) in [7, 11) is 76.2. The van der Waals surface area contributed by atoms with Gasteiger partial charge in [0.2, 0.25) is 5.91 Å². The number of nitrogens with zero attached hydrogens (tertiary/aromatic N) is 4. The Labute approximate surface area is 589 Å². The van der Waals surface area contributed by atoms with Crippen molar-refractivity contribution < 1.29 is 41.0 Å². The van der Waals surface area contributed by atoms with Crippen molar-refractivity contribution in [3.05, 3.63) is 142 Å². The molecule has 7 nitrogen and oxygen atoms in total. The van der Waals surface area contributed by atoms with Crippen molar-refractivity contribution in [2.75, 3.05) is 43.9 Å². The van der Waals surface area contributed by atoms with Gasteiger partial charge in [-0.05, 0) is 95.2 Å². The lowest BCUT2D eigenvalue weighted by Crippen LogP contribution is -2.84. The van der Waals surface area contributed by atoms with Crippen molar-refractivity contribution in [2.45, 2.75) is 130 Å². The summed E-state index contributed by atoms with van der Waals surface area (Å²) < 4.78 is 79.2. The molecule has 2 atom stereocenters. The van der Waals surface area contributed by atoms with Gasteiger partial charge in [-0.15, -0.1) is 11.6 Å². The van der Waals surface area contributed by atoms with Gasteiger partial charge in [-0.2, -0.15) is 18.4 Å². The number of hydrogen-bond acceptors (Lipinski definition) is 5. The van der Waals surface area contributed by atoms with Crippen molar-refractivity contribution in [3.63, 3.8) is 0 Å². The molecular formula is C54H72B24BrClF6N4O3. The van der Waals surface area contributed by atoms with E-state index in [9.17, 15) is 35.9 Å². The third-order valence-electron chi connectivity index (χ3n) is 17.6. The van der Waals surface area contributed by atoms with Crippen LogP contribution in [0.15, 0.2) is 97.1 Å². The van der Waals surface area contributed by atoms with Crippen molar-refractivity contribution in [1.82, 2.24) is 14.7 Å². The van der Waals surface area contributed by atoms with Gasteiger partial charge in [0.05, 0.1) is 28.9 Å². The third-order valence-corrected chi connectivity index (χ3v) is 18.7. The lowest BCUT2D eigenvalue weighted by atomic mass is 8.35. The van der Waals surface area contributed by atoms with Crippen LogP contribution in [0.4, 0.5) is 26.3 Å². The first-order valence-corrected chi connectivity index (χ1v) is 31.1. The number of nitriles is 1. The number of hydrogen-bond donors (Lipinski definition) is 1. The molecule has 0 aromatic heterocycles. The monoisotopic (exact) mass is 1320 g/mol. The van der Waals surface area contributed by atoms with E-state index >= 15 is 0 Å². The van der Waals surface area contributed by atoms with Crippen LogP contribution in [0.5, 0.6) is 0 Å². The number of benzene rings is 4. The molecule has 39 heteroatoms. The zero-order valence-corrected chi connectivity index (χ0v) is 53.1. The standard InChI is InChI=1S/C30H37F4N3O.C10H9FO2.C8H6FN.C2H4BrCl.4CH4.B24/c1-21-20-36(18-19-37(21)22(2)23-8-10-24(11-9-23)30(32,33)34)28(3)14-16-35(17-15-28)27(38)29(12-13-29)25-6-4-5-7-26(25)31;11-8-4-2-1-3-7(8)10(5-6-10)9(12)13;9-8-4-2-1-3-7(8)5-6-10;3-1-2-4;;;;;1-14(2)20(13)23(19(11)12)24(21(15(3)4)16(5)6)22(17(7)8)18(9)10/h4-11,21-22H,12-20H2,1-3H3;1-4H,5-6H2,(H,12,13);1-4H,5H2;1-2H2;4*1H4;/t21-,22-;;;;;;;;/m0......../s1. The molecular weight excluding hydrogens is 1240 g/mol. The van der Waals surface area contributed by atoms with E-state index in [0.29, 0.717) is 61.3 Å². The molecule has 1 amide bonds. The first kappa shape index (κ1) is 90.1. The number of rotatable bonds is 19. The van der Waals surface area contributed by atoms with Crippen LogP contribution >= 0.6 is 27.5 Å². The van der Waals surface area contributed by atoms with Gasteiger partial charge in [-0.25, -0.2) is 13.2 Å². The summed E-state index contributed by atoms with van der Waals surface area (Å²) in [5.74, 6) is -1.16. The predicted octanol–water partition coefficient (Wildman–Crippen LogP) is 4.88. The Morgan fingerprint density at radius 3 is 1.39 bits per heavy atom. The number of amides is 1. The second-order valence-electron chi connectivity index (χ2n) is 23.7. The maximum atomic E-state index is 14.5. The minimum atomic E-state index is -4.33. The van der Waals surface area contributed by atoms with Crippen LogP contribution in [0.1, 0.15) is 123 Å². The molecule has 2 saturated carbocycles. The summed E-state index contributed by atoms with van der Waals surface area (Å²) in [6, 6.07) is 26.7. The van der Waals surface area contributed by atoms with E-state index in [1.165, 1.54) is 30.3 Å². The molecule has 4 aromatic rings. The molecule has 454 valence electrons. The maximum absolute atomic E-state index is 14.5. The number of carboxylic acids is 1. The van der Waals surface area contributed by atoms with Gasteiger partial charge in [0.1, 0.15) is 17.5 Å². The number of carbonyl (C=O) groups is 2. The van der Waals surface area contributed by atoms with Crippen molar-refractivity contribution in [1.29, 1.82) is 5.26 Å². The van der Waals surface area contributed by atoms with Gasteiger partial charge in [-0.3, -0.25) is 19.4 Å². The largest absolute Gasteiger partial charge is 0.481 e. The summed E-state index contributed by atoms with van der Waals surface area (Å²) in [6.45, 7) is 10.4. The van der Waals surface area contributed by atoms with E-state index in [4.69, 9.17) is 123 Å². The molecule has 2 heterocycles. The molecule has 4 fully saturated rings.